The van der Waals surface area contributed by atoms with Gasteiger partial charge < -0.3 is 15.2 Å². The molecule has 0 aromatic heterocycles. The van der Waals surface area contributed by atoms with E-state index >= 15 is 0 Å². The number of ketones is 1. The Morgan fingerprint density at radius 1 is 1.12 bits per heavy atom. The highest BCUT2D eigenvalue weighted by Crippen LogP contribution is 2.17. The number of hydrogen-bond acceptors (Lipinski definition) is 5. The standard InChI is InChI=1S/C18H18ClNO4/c1-2-24-18(23)15(20-14-10-8-13(19)9-11-14)17(22)16(21)12-6-4-3-5-7-12/h3-11,15,17,20,22H,2H2,1H3/t15-,17+/m1/s1. The predicted molar refractivity (Wildman–Crippen MR) is 92.3 cm³/mol. The molecule has 2 aromatic carbocycles. The molecular formula is C18H18ClNO4. The maximum Gasteiger partial charge on any atom is 0.331 e. The van der Waals surface area contributed by atoms with Crippen molar-refractivity contribution in [2.24, 2.45) is 0 Å². The second-order valence-corrected chi connectivity index (χ2v) is 5.49. The lowest BCUT2D eigenvalue weighted by molar-refractivity contribution is -0.145. The van der Waals surface area contributed by atoms with Gasteiger partial charge in [-0.15, -0.1) is 0 Å². The highest BCUT2D eigenvalue weighted by molar-refractivity contribution is 6.30. The van der Waals surface area contributed by atoms with Crippen LogP contribution in [-0.4, -0.2) is 35.6 Å². The van der Waals surface area contributed by atoms with Crippen LogP contribution in [-0.2, 0) is 9.53 Å². The van der Waals surface area contributed by atoms with Crippen LogP contribution < -0.4 is 5.32 Å². The van der Waals surface area contributed by atoms with Crippen molar-refractivity contribution in [2.45, 2.75) is 19.1 Å². The van der Waals surface area contributed by atoms with Crippen molar-refractivity contribution < 1.29 is 19.4 Å². The van der Waals surface area contributed by atoms with Gasteiger partial charge in [0.05, 0.1) is 6.61 Å². The Kier molecular flexibility index (Phi) is 6.35. The number of ether oxygens (including phenoxy) is 1. The number of benzene rings is 2. The number of anilines is 1. The van der Waals surface area contributed by atoms with Crippen LogP contribution in [0.25, 0.3) is 0 Å². The first-order valence-corrected chi connectivity index (χ1v) is 7.86. The van der Waals surface area contributed by atoms with E-state index in [9.17, 15) is 14.7 Å². The van der Waals surface area contributed by atoms with E-state index in [1.165, 1.54) is 0 Å². The Hall–Kier alpha value is -2.37. The number of aliphatic hydroxyl groups excluding tert-OH is 1. The third-order valence-corrected chi connectivity index (χ3v) is 3.60. The Bertz CT molecular complexity index is 688. The molecule has 2 aromatic rings. The van der Waals surface area contributed by atoms with E-state index in [0.29, 0.717) is 16.3 Å². The lowest BCUT2D eigenvalue weighted by Gasteiger charge is -2.22. The molecule has 2 rings (SSSR count). The second kappa shape index (κ2) is 8.47. The molecule has 0 unspecified atom stereocenters. The zero-order chi connectivity index (χ0) is 17.5. The van der Waals surface area contributed by atoms with Crippen molar-refractivity contribution in [3.8, 4) is 0 Å². The van der Waals surface area contributed by atoms with Gasteiger partial charge in [-0.1, -0.05) is 41.9 Å². The topological polar surface area (TPSA) is 75.6 Å². The van der Waals surface area contributed by atoms with Gasteiger partial charge in [-0.3, -0.25) is 4.79 Å². The minimum atomic E-state index is -1.58. The largest absolute Gasteiger partial charge is 0.464 e. The number of rotatable bonds is 7. The van der Waals surface area contributed by atoms with Gasteiger partial charge in [0.15, 0.2) is 11.8 Å². The first-order chi connectivity index (χ1) is 11.5. The van der Waals surface area contributed by atoms with Crippen LogP contribution in [0.2, 0.25) is 5.02 Å². The van der Waals surface area contributed by atoms with Crippen LogP contribution in [0.4, 0.5) is 5.69 Å². The molecule has 0 bridgehead atoms. The third-order valence-electron chi connectivity index (χ3n) is 3.35. The monoisotopic (exact) mass is 347 g/mol. The lowest BCUT2D eigenvalue weighted by atomic mass is 10.00. The summed E-state index contributed by atoms with van der Waals surface area (Å²) >= 11 is 5.83. The molecule has 0 heterocycles. The second-order valence-electron chi connectivity index (χ2n) is 5.06. The molecule has 0 saturated heterocycles. The van der Waals surface area contributed by atoms with Gasteiger partial charge in [0.25, 0.3) is 0 Å². The van der Waals surface area contributed by atoms with E-state index in [4.69, 9.17) is 16.3 Å². The van der Waals surface area contributed by atoms with Crippen LogP contribution >= 0.6 is 11.6 Å². The van der Waals surface area contributed by atoms with Gasteiger partial charge in [0.1, 0.15) is 6.10 Å². The minimum Gasteiger partial charge on any atom is -0.464 e. The number of halogens is 1. The summed E-state index contributed by atoms with van der Waals surface area (Å²) in [7, 11) is 0. The fourth-order valence-corrected chi connectivity index (χ4v) is 2.28. The number of nitrogens with one attached hydrogen (secondary N) is 1. The molecule has 0 fully saturated rings. The van der Waals surface area contributed by atoms with Crippen molar-refractivity contribution in [1.82, 2.24) is 0 Å². The van der Waals surface area contributed by atoms with Gasteiger partial charge >= 0.3 is 5.97 Å². The quantitative estimate of drug-likeness (QED) is 0.595. The first-order valence-electron chi connectivity index (χ1n) is 7.49. The molecule has 24 heavy (non-hydrogen) atoms. The van der Waals surface area contributed by atoms with Gasteiger partial charge in [-0.05, 0) is 31.2 Å². The van der Waals surface area contributed by atoms with Crippen LogP contribution in [0.1, 0.15) is 17.3 Å². The first kappa shape index (κ1) is 18.0. The zero-order valence-corrected chi connectivity index (χ0v) is 13.9. The summed E-state index contributed by atoms with van der Waals surface area (Å²) in [5.74, 6) is -1.26. The summed E-state index contributed by atoms with van der Waals surface area (Å²) in [6.07, 6.45) is -1.58. The Labute approximate surface area is 145 Å². The van der Waals surface area contributed by atoms with Gasteiger partial charge in [-0.2, -0.15) is 0 Å². The normalized spacial score (nSPS) is 13.0. The van der Waals surface area contributed by atoms with Gasteiger partial charge in [-0.25, -0.2) is 4.79 Å². The summed E-state index contributed by atoms with van der Waals surface area (Å²) in [6.45, 7) is 1.80. The molecule has 0 radical (unpaired) electrons. The van der Waals surface area contributed by atoms with Crippen molar-refractivity contribution >= 4 is 29.0 Å². The highest BCUT2D eigenvalue weighted by atomic mass is 35.5. The van der Waals surface area contributed by atoms with Crippen LogP contribution in [0, 0.1) is 0 Å². The summed E-state index contributed by atoms with van der Waals surface area (Å²) in [4.78, 5) is 24.6. The molecule has 0 aliphatic carbocycles. The molecule has 0 saturated carbocycles. The molecular weight excluding hydrogens is 330 g/mol. The van der Waals surface area contributed by atoms with E-state index in [1.54, 1.807) is 61.5 Å². The van der Waals surface area contributed by atoms with Crippen LogP contribution in [0.3, 0.4) is 0 Å². The molecule has 2 atom stereocenters. The van der Waals surface area contributed by atoms with E-state index in [1.807, 2.05) is 0 Å². The number of esters is 1. The fraction of sp³-hybridized carbons (Fsp3) is 0.222. The molecule has 5 nitrogen and oxygen atoms in total. The number of carbonyl (C=O) groups is 2. The molecule has 2 N–H and O–H groups in total. The Morgan fingerprint density at radius 3 is 2.33 bits per heavy atom. The van der Waals surface area contributed by atoms with Gasteiger partial charge in [0.2, 0.25) is 0 Å². The maximum absolute atomic E-state index is 12.4. The van der Waals surface area contributed by atoms with Crippen LogP contribution in [0.15, 0.2) is 54.6 Å². The molecule has 0 spiro atoms. The molecule has 0 aliphatic heterocycles. The van der Waals surface area contributed by atoms with E-state index in [-0.39, 0.29) is 6.61 Å². The maximum atomic E-state index is 12.4. The summed E-state index contributed by atoms with van der Waals surface area (Å²) < 4.78 is 4.97. The predicted octanol–water partition coefficient (Wildman–Crippen LogP) is 2.93. The number of hydrogen-bond donors (Lipinski definition) is 2. The van der Waals surface area contributed by atoms with Crippen LogP contribution in [0.5, 0.6) is 0 Å². The van der Waals surface area contributed by atoms with E-state index in [2.05, 4.69) is 5.32 Å². The van der Waals surface area contributed by atoms with Crippen molar-refractivity contribution in [2.75, 3.05) is 11.9 Å². The lowest BCUT2D eigenvalue weighted by Crippen LogP contribution is -2.46. The summed E-state index contributed by atoms with van der Waals surface area (Å²) in [6, 6.07) is 13.6. The SMILES string of the molecule is CCOC(=O)[C@H](Nc1ccc(Cl)cc1)[C@H](O)C(=O)c1ccccc1. The Morgan fingerprint density at radius 2 is 1.75 bits per heavy atom. The summed E-state index contributed by atoms with van der Waals surface area (Å²) in [5.41, 5.74) is 0.856. The number of aliphatic hydroxyl groups is 1. The number of carbonyl (C=O) groups excluding carboxylic acids is 2. The molecule has 0 amide bonds. The average Bonchev–Trinajstić information content (AvgIpc) is 2.61. The highest BCUT2D eigenvalue weighted by Gasteiger charge is 2.33. The zero-order valence-electron chi connectivity index (χ0n) is 13.1. The van der Waals surface area contributed by atoms with Crippen molar-refractivity contribution in [1.29, 1.82) is 0 Å². The molecule has 0 aliphatic rings. The minimum absolute atomic E-state index is 0.143. The van der Waals surface area contributed by atoms with E-state index < -0.39 is 23.9 Å². The third kappa shape index (κ3) is 4.57. The smallest absolute Gasteiger partial charge is 0.331 e. The Balaban J connectivity index is 2.23. The average molecular weight is 348 g/mol. The van der Waals surface area contributed by atoms with Crippen molar-refractivity contribution in [3.63, 3.8) is 0 Å². The molecule has 126 valence electrons. The number of Topliss-reactive ketones (excluding diaryl/α,β-unsaturated/α-hetero) is 1. The van der Waals surface area contributed by atoms with E-state index in [0.717, 1.165) is 0 Å². The van der Waals surface area contributed by atoms with Crippen molar-refractivity contribution in [3.05, 3.63) is 65.2 Å². The van der Waals surface area contributed by atoms with Gasteiger partial charge in [0, 0.05) is 16.3 Å². The molecule has 6 heteroatoms. The summed E-state index contributed by atoms with van der Waals surface area (Å²) in [5, 5.41) is 13.8. The fourth-order valence-electron chi connectivity index (χ4n) is 2.15.